The van der Waals surface area contributed by atoms with Crippen molar-refractivity contribution in [3.05, 3.63) is 304 Å². The number of benzene rings is 9. The molecule has 0 saturated carbocycles. The SMILES string of the molecule is O=C(c1cc(C(=O)c2cccc(C3=CCCC=C3)c2)cc(C(=O)c2cccc(-c3ccccc3)c2)c1)c1cc(C(=O)c2cccc(-c3ccccc3)c2)cc(C(=O)c2cccc(-c3ccccc3)c2)c1. The van der Waals surface area contributed by atoms with Gasteiger partial charge in [-0.1, -0.05) is 182 Å². The van der Waals surface area contributed by atoms with Crippen LogP contribution in [0.3, 0.4) is 0 Å². The van der Waals surface area contributed by atoms with Crippen LogP contribution >= 0.6 is 0 Å². The van der Waals surface area contributed by atoms with Crippen molar-refractivity contribution in [3.8, 4) is 33.4 Å². The molecule has 0 saturated heterocycles. The Morgan fingerprint density at radius 2 is 0.514 bits per heavy atom. The Labute approximate surface area is 406 Å². The molecule has 1 aliphatic carbocycles. The Bertz CT molecular complexity index is 3450. The van der Waals surface area contributed by atoms with E-state index in [0.717, 1.165) is 57.4 Å². The van der Waals surface area contributed by atoms with Gasteiger partial charge < -0.3 is 0 Å². The highest BCUT2D eigenvalue weighted by Crippen LogP contribution is 2.30. The molecule has 1 aliphatic rings. The summed E-state index contributed by atoms with van der Waals surface area (Å²) in [6.45, 7) is 0. The Morgan fingerprint density at radius 3 is 0.814 bits per heavy atom. The van der Waals surface area contributed by atoms with E-state index < -0.39 is 5.78 Å². The van der Waals surface area contributed by atoms with Gasteiger partial charge in [-0.25, -0.2) is 0 Å². The van der Waals surface area contributed by atoms with Crippen LogP contribution in [0.15, 0.2) is 243 Å². The first-order chi connectivity index (χ1) is 34.3. The standard InChI is InChI=1S/C65H44O5/c66-61(51-29-13-25-47(33-51)43-17-5-1-6-18-43)55-37-56(62(67)52-30-14-26-48(34-52)44-19-7-2-8-20-44)40-59(39-55)65(70)60-41-57(63(68)53-31-15-27-49(35-53)45-21-9-3-10-22-45)38-58(42-60)64(69)54-32-16-28-50(36-54)46-23-11-4-12-24-46/h1-3,5-11,13-42H,4,12H2. The number of allylic oxidation sites excluding steroid dienone is 4. The van der Waals surface area contributed by atoms with Crippen molar-refractivity contribution in [2.24, 2.45) is 0 Å². The summed E-state index contributed by atoms with van der Waals surface area (Å²) in [4.78, 5) is 73.8. The minimum absolute atomic E-state index is 0.0414. The maximum Gasteiger partial charge on any atom is 0.193 e. The number of carbonyl (C=O) groups is 5. The average Bonchev–Trinajstić information content (AvgIpc) is 3.45. The molecule has 5 heteroatoms. The van der Waals surface area contributed by atoms with Gasteiger partial charge in [0.15, 0.2) is 28.9 Å². The van der Waals surface area contributed by atoms with Crippen LogP contribution in [-0.2, 0) is 0 Å². The first kappa shape index (κ1) is 44.6. The smallest absolute Gasteiger partial charge is 0.193 e. The highest BCUT2D eigenvalue weighted by molar-refractivity contribution is 6.20. The lowest BCUT2D eigenvalue weighted by Gasteiger charge is -2.13. The molecule has 0 aromatic heterocycles. The van der Waals surface area contributed by atoms with Gasteiger partial charge in [0.25, 0.3) is 0 Å². The second kappa shape index (κ2) is 20.0. The normalized spacial score (nSPS) is 11.9. The highest BCUT2D eigenvalue weighted by atomic mass is 16.1. The molecular weight excluding hydrogens is 861 g/mol. The van der Waals surface area contributed by atoms with Crippen LogP contribution in [0.5, 0.6) is 0 Å². The molecule has 334 valence electrons. The number of ketones is 5. The van der Waals surface area contributed by atoms with E-state index in [1.54, 1.807) is 54.6 Å². The summed E-state index contributed by atoms with van der Waals surface area (Å²) >= 11 is 0. The molecule has 70 heavy (non-hydrogen) atoms. The van der Waals surface area contributed by atoms with Crippen LogP contribution in [0, 0.1) is 0 Å². The van der Waals surface area contributed by atoms with Gasteiger partial charge >= 0.3 is 0 Å². The zero-order valence-corrected chi connectivity index (χ0v) is 38.0. The number of carbonyl (C=O) groups excluding carboxylic acids is 5. The van der Waals surface area contributed by atoms with Crippen molar-refractivity contribution in [3.63, 3.8) is 0 Å². The molecule has 0 heterocycles. The first-order valence-electron chi connectivity index (χ1n) is 23.2. The third-order valence-corrected chi connectivity index (χ3v) is 12.6. The van der Waals surface area contributed by atoms with Gasteiger partial charge in [0, 0.05) is 55.6 Å². The molecule has 10 rings (SSSR count). The van der Waals surface area contributed by atoms with Gasteiger partial charge in [0.2, 0.25) is 0 Å². The van der Waals surface area contributed by atoms with E-state index in [9.17, 15) is 19.2 Å². The minimum Gasteiger partial charge on any atom is -0.289 e. The molecule has 0 bridgehead atoms. The molecular formula is C65H44O5. The molecule has 5 nitrogen and oxygen atoms in total. The van der Waals surface area contributed by atoms with Gasteiger partial charge in [0.1, 0.15) is 0 Å². The molecule has 0 atom stereocenters. The molecule has 0 unspecified atom stereocenters. The Kier molecular flexibility index (Phi) is 12.7. The fourth-order valence-corrected chi connectivity index (χ4v) is 8.95. The predicted octanol–water partition coefficient (Wildman–Crippen LogP) is 14.6. The molecule has 9 aromatic rings. The molecule has 0 N–H and O–H groups in total. The van der Waals surface area contributed by atoms with Crippen LogP contribution in [0.25, 0.3) is 39.0 Å². The number of hydrogen-bond acceptors (Lipinski definition) is 5. The Morgan fingerprint density at radius 1 is 0.243 bits per heavy atom. The van der Waals surface area contributed by atoms with E-state index in [4.69, 9.17) is 0 Å². The summed E-state index contributed by atoms with van der Waals surface area (Å²) in [5.74, 6) is -2.11. The molecule has 0 amide bonds. The first-order valence-corrected chi connectivity index (χ1v) is 23.2. The summed E-state index contributed by atoms with van der Waals surface area (Å²) in [5, 5.41) is 0. The maximum atomic E-state index is 15.2. The summed E-state index contributed by atoms with van der Waals surface area (Å²) in [7, 11) is 0. The van der Waals surface area contributed by atoms with E-state index in [0.29, 0.717) is 22.3 Å². The van der Waals surface area contributed by atoms with E-state index in [-0.39, 0.29) is 56.5 Å². The molecule has 0 spiro atoms. The third-order valence-electron chi connectivity index (χ3n) is 12.6. The van der Waals surface area contributed by atoms with Gasteiger partial charge in [-0.3, -0.25) is 24.0 Å². The quantitative estimate of drug-likeness (QED) is 0.101. The minimum atomic E-state index is -0.576. The average molecular weight is 905 g/mol. The van der Waals surface area contributed by atoms with E-state index >= 15 is 4.79 Å². The van der Waals surface area contributed by atoms with Gasteiger partial charge in [-0.15, -0.1) is 0 Å². The number of rotatable bonds is 14. The highest BCUT2D eigenvalue weighted by Gasteiger charge is 2.24. The molecule has 0 radical (unpaired) electrons. The van der Waals surface area contributed by atoms with Crippen molar-refractivity contribution in [2.75, 3.05) is 0 Å². The van der Waals surface area contributed by atoms with Crippen LogP contribution in [0.1, 0.15) is 98.0 Å². The fraction of sp³-hybridized carbons (Fsp3) is 0.0308. The monoisotopic (exact) mass is 904 g/mol. The zero-order valence-electron chi connectivity index (χ0n) is 38.0. The molecule has 0 aliphatic heterocycles. The maximum absolute atomic E-state index is 15.2. The van der Waals surface area contributed by atoms with Crippen molar-refractivity contribution in [2.45, 2.75) is 12.8 Å². The lowest BCUT2D eigenvalue weighted by Crippen LogP contribution is -2.13. The van der Waals surface area contributed by atoms with Crippen molar-refractivity contribution in [1.82, 2.24) is 0 Å². The zero-order chi connectivity index (χ0) is 48.0. The third kappa shape index (κ3) is 9.64. The van der Waals surface area contributed by atoms with Crippen LogP contribution in [0.2, 0.25) is 0 Å². The Hall–Kier alpha value is -9.19. The van der Waals surface area contributed by atoms with Crippen LogP contribution in [0.4, 0.5) is 0 Å². The van der Waals surface area contributed by atoms with Crippen molar-refractivity contribution < 1.29 is 24.0 Å². The summed E-state index contributed by atoms with van der Waals surface area (Å²) < 4.78 is 0. The van der Waals surface area contributed by atoms with Gasteiger partial charge in [-0.05, 0) is 118 Å². The lowest BCUT2D eigenvalue weighted by atomic mass is 9.88. The van der Waals surface area contributed by atoms with Gasteiger partial charge in [0.05, 0.1) is 0 Å². The van der Waals surface area contributed by atoms with E-state index in [2.05, 4.69) is 12.2 Å². The summed E-state index contributed by atoms with van der Waals surface area (Å²) in [6.07, 6.45) is 8.13. The topological polar surface area (TPSA) is 85.3 Å². The van der Waals surface area contributed by atoms with Gasteiger partial charge in [-0.2, -0.15) is 0 Å². The predicted molar refractivity (Wildman–Crippen MR) is 278 cm³/mol. The largest absolute Gasteiger partial charge is 0.289 e. The number of hydrogen-bond donors (Lipinski definition) is 0. The fourth-order valence-electron chi connectivity index (χ4n) is 8.95. The lowest BCUT2D eigenvalue weighted by molar-refractivity contribution is 0.102. The molecule has 9 aromatic carbocycles. The van der Waals surface area contributed by atoms with E-state index in [1.807, 2.05) is 140 Å². The van der Waals surface area contributed by atoms with Crippen molar-refractivity contribution >= 4 is 34.5 Å². The molecule has 0 fully saturated rings. The van der Waals surface area contributed by atoms with Crippen LogP contribution in [-0.4, -0.2) is 28.9 Å². The van der Waals surface area contributed by atoms with Crippen molar-refractivity contribution in [1.29, 1.82) is 0 Å². The summed E-state index contributed by atoms with van der Waals surface area (Å²) in [5.41, 5.74) is 9.29. The van der Waals surface area contributed by atoms with E-state index in [1.165, 1.54) is 36.4 Å². The van der Waals surface area contributed by atoms with Crippen LogP contribution < -0.4 is 0 Å². The summed E-state index contributed by atoms with van der Waals surface area (Å²) in [6, 6.07) is 67.2. The second-order valence-corrected chi connectivity index (χ2v) is 17.3. The Balaban J connectivity index is 1.09. The second-order valence-electron chi connectivity index (χ2n) is 17.3.